The van der Waals surface area contributed by atoms with Gasteiger partial charge in [0, 0.05) is 56.9 Å². The molecule has 5 heterocycles. The van der Waals surface area contributed by atoms with E-state index in [4.69, 9.17) is 29.3 Å². The molecule has 220 valence electrons. The largest absolute Gasteiger partial charge is 0.454 e. The molecule has 7 heteroatoms. The van der Waals surface area contributed by atoms with E-state index in [9.17, 15) is 0 Å². The maximum absolute atomic E-state index is 6.28. The van der Waals surface area contributed by atoms with E-state index in [-0.39, 0.29) is 0 Å². The minimum Gasteiger partial charge on any atom is -0.454 e. The standard InChI is InChI=1S/C40H24N6O/c1-3-11-26(12-4-1)38-44-39(27-13-5-2-6-14-27)46-40(45-38)29-16-9-15-28(20-29)33-22-35-32(23-42-33)31-21-34(43-24-36(31)47-35)37-30-17-8-7-10-25(30)18-19-41-37/h1-24H. The van der Waals surface area contributed by atoms with Crippen molar-refractivity contribution in [1.82, 2.24) is 29.9 Å². The van der Waals surface area contributed by atoms with Gasteiger partial charge in [-0.25, -0.2) is 15.0 Å². The van der Waals surface area contributed by atoms with Crippen LogP contribution in [-0.4, -0.2) is 29.9 Å². The zero-order valence-corrected chi connectivity index (χ0v) is 24.9. The third-order valence-electron chi connectivity index (χ3n) is 8.28. The zero-order chi connectivity index (χ0) is 31.2. The molecule has 0 atom stereocenters. The van der Waals surface area contributed by atoms with Crippen LogP contribution in [0.25, 0.3) is 89.5 Å². The van der Waals surface area contributed by atoms with Gasteiger partial charge in [0.15, 0.2) is 23.1 Å². The number of fused-ring (bicyclic) bond motifs is 4. The van der Waals surface area contributed by atoms with Gasteiger partial charge in [-0.15, -0.1) is 0 Å². The third kappa shape index (κ3) is 4.87. The highest BCUT2D eigenvalue weighted by Crippen LogP contribution is 2.35. The molecule has 9 rings (SSSR count). The molecule has 9 aromatic rings. The van der Waals surface area contributed by atoms with Crippen molar-refractivity contribution in [1.29, 1.82) is 0 Å². The molecule has 0 aliphatic carbocycles. The molecule has 0 unspecified atom stereocenters. The molecule has 0 aliphatic rings. The second-order valence-electron chi connectivity index (χ2n) is 11.2. The van der Waals surface area contributed by atoms with E-state index in [1.165, 1.54) is 0 Å². The molecule has 0 N–H and O–H groups in total. The summed E-state index contributed by atoms with van der Waals surface area (Å²) in [7, 11) is 0. The molecule has 0 amide bonds. The van der Waals surface area contributed by atoms with E-state index in [1.54, 1.807) is 6.20 Å². The van der Waals surface area contributed by atoms with Gasteiger partial charge >= 0.3 is 0 Å². The lowest BCUT2D eigenvalue weighted by Gasteiger charge is -2.09. The first-order valence-electron chi connectivity index (χ1n) is 15.3. The van der Waals surface area contributed by atoms with Crippen LogP contribution in [0.15, 0.2) is 150 Å². The number of hydrogen-bond donors (Lipinski definition) is 0. The molecule has 0 fully saturated rings. The van der Waals surface area contributed by atoms with E-state index in [0.29, 0.717) is 23.1 Å². The SMILES string of the molecule is c1ccc(-c2nc(-c3ccccc3)nc(-c3cccc(-c4cc5oc6cnc(-c7nccc8ccccc78)cc6c5cn4)c3)n2)cc1. The Morgan fingerprint density at radius 3 is 1.81 bits per heavy atom. The minimum atomic E-state index is 0.588. The summed E-state index contributed by atoms with van der Waals surface area (Å²) in [6.07, 6.45) is 5.46. The van der Waals surface area contributed by atoms with Crippen LogP contribution in [0.1, 0.15) is 0 Å². The van der Waals surface area contributed by atoms with Crippen LogP contribution in [0, 0.1) is 0 Å². The molecule has 0 radical (unpaired) electrons. The highest BCUT2D eigenvalue weighted by Gasteiger charge is 2.16. The number of rotatable bonds is 5. The van der Waals surface area contributed by atoms with Gasteiger partial charge in [-0.3, -0.25) is 15.0 Å². The van der Waals surface area contributed by atoms with Gasteiger partial charge in [-0.1, -0.05) is 103 Å². The van der Waals surface area contributed by atoms with Gasteiger partial charge in [0.05, 0.1) is 23.3 Å². The van der Waals surface area contributed by atoms with Crippen molar-refractivity contribution in [3.05, 3.63) is 146 Å². The Hall–Kier alpha value is -6.60. The van der Waals surface area contributed by atoms with Crippen LogP contribution in [-0.2, 0) is 0 Å². The van der Waals surface area contributed by atoms with Crippen molar-refractivity contribution in [2.24, 2.45) is 0 Å². The second kappa shape index (κ2) is 11.1. The summed E-state index contributed by atoms with van der Waals surface area (Å²) in [5.74, 6) is 1.83. The van der Waals surface area contributed by atoms with E-state index < -0.39 is 0 Å². The van der Waals surface area contributed by atoms with Crippen molar-refractivity contribution in [2.45, 2.75) is 0 Å². The molecule has 5 aromatic heterocycles. The monoisotopic (exact) mass is 604 g/mol. The second-order valence-corrected chi connectivity index (χ2v) is 11.2. The summed E-state index contributed by atoms with van der Waals surface area (Å²) in [5.41, 5.74) is 7.48. The van der Waals surface area contributed by atoms with Crippen LogP contribution in [0.5, 0.6) is 0 Å². The number of hydrogen-bond acceptors (Lipinski definition) is 7. The molecular weight excluding hydrogens is 580 g/mol. The fourth-order valence-electron chi connectivity index (χ4n) is 5.94. The van der Waals surface area contributed by atoms with Gasteiger partial charge in [0.25, 0.3) is 0 Å². The lowest BCUT2D eigenvalue weighted by Crippen LogP contribution is -2.00. The van der Waals surface area contributed by atoms with Crippen molar-refractivity contribution in [3.63, 3.8) is 0 Å². The van der Waals surface area contributed by atoms with Gasteiger partial charge in [-0.2, -0.15) is 0 Å². The van der Waals surface area contributed by atoms with Crippen LogP contribution >= 0.6 is 0 Å². The quantitative estimate of drug-likeness (QED) is 0.193. The van der Waals surface area contributed by atoms with Crippen LogP contribution < -0.4 is 0 Å². The van der Waals surface area contributed by atoms with Crippen LogP contribution in [0.2, 0.25) is 0 Å². The maximum atomic E-state index is 6.28. The molecule has 0 spiro atoms. The van der Waals surface area contributed by atoms with Crippen LogP contribution in [0.3, 0.4) is 0 Å². The first-order chi connectivity index (χ1) is 23.3. The fraction of sp³-hybridized carbons (Fsp3) is 0. The van der Waals surface area contributed by atoms with Gasteiger partial charge in [0.1, 0.15) is 5.58 Å². The normalized spacial score (nSPS) is 11.4. The average molecular weight is 605 g/mol. The van der Waals surface area contributed by atoms with Crippen molar-refractivity contribution in [2.75, 3.05) is 0 Å². The van der Waals surface area contributed by atoms with E-state index in [0.717, 1.165) is 66.5 Å². The lowest BCUT2D eigenvalue weighted by atomic mass is 10.1. The molecule has 0 bridgehead atoms. The summed E-state index contributed by atoms with van der Waals surface area (Å²) in [5, 5.41) is 4.04. The third-order valence-corrected chi connectivity index (χ3v) is 8.28. The van der Waals surface area contributed by atoms with E-state index in [1.807, 2.05) is 122 Å². The Bertz CT molecular complexity index is 2520. The molecular formula is C40H24N6O. The predicted molar refractivity (Wildman–Crippen MR) is 185 cm³/mol. The molecule has 4 aromatic carbocycles. The predicted octanol–water partition coefficient (Wildman–Crippen LogP) is 9.44. The molecule has 47 heavy (non-hydrogen) atoms. The zero-order valence-electron chi connectivity index (χ0n) is 24.9. The number of pyridine rings is 3. The Morgan fingerprint density at radius 2 is 1.04 bits per heavy atom. The van der Waals surface area contributed by atoms with Crippen molar-refractivity contribution < 1.29 is 4.42 Å². The number of nitrogens with zero attached hydrogens (tertiary/aromatic N) is 6. The summed E-state index contributed by atoms with van der Waals surface area (Å²) >= 11 is 0. The van der Waals surface area contributed by atoms with Gasteiger partial charge in [0.2, 0.25) is 0 Å². The average Bonchev–Trinajstić information content (AvgIpc) is 3.52. The maximum Gasteiger partial charge on any atom is 0.164 e. The first kappa shape index (κ1) is 26.8. The fourth-order valence-corrected chi connectivity index (χ4v) is 5.94. The Balaban J connectivity index is 1.12. The number of benzene rings is 4. The van der Waals surface area contributed by atoms with E-state index in [2.05, 4.69) is 23.2 Å². The molecule has 7 nitrogen and oxygen atoms in total. The Labute approximate surface area is 269 Å². The van der Waals surface area contributed by atoms with Gasteiger partial charge < -0.3 is 4.42 Å². The number of aromatic nitrogens is 6. The molecule has 0 saturated heterocycles. The smallest absolute Gasteiger partial charge is 0.164 e. The molecule has 0 aliphatic heterocycles. The van der Waals surface area contributed by atoms with Gasteiger partial charge in [-0.05, 0) is 23.6 Å². The first-order valence-corrected chi connectivity index (χ1v) is 15.3. The number of furan rings is 1. The summed E-state index contributed by atoms with van der Waals surface area (Å²) in [4.78, 5) is 28.8. The van der Waals surface area contributed by atoms with Crippen LogP contribution in [0.4, 0.5) is 0 Å². The van der Waals surface area contributed by atoms with E-state index >= 15 is 0 Å². The Morgan fingerprint density at radius 1 is 0.404 bits per heavy atom. The molecule has 0 saturated carbocycles. The van der Waals surface area contributed by atoms with Crippen molar-refractivity contribution in [3.8, 4) is 56.8 Å². The highest BCUT2D eigenvalue weighted by molar-refractivity contribution is 6.06. The minimum absolute atomic E-state index is 0.588. The topological polar surface area (TPSA) is 90.5 Å². The summed E-state index contributed by atoms with van der Waals surface area (Å²) < 4.78 is 6.28. The summed E-state index contributed by atoms with van der Waals surface area (Å²) in [6, 6.07) is 42.2. The summed E-state index contributed by atoms with van der Waals surface area (Å²) in [6.45, 7) is 0. The lowest BCUT2D eigenvalue weighted by molar-refractivity contribution is 0.666. The highest BCUT2D eigenvalue weighted by atomic mass is 16.3. The van der Waals surface area contributed by atoms with Crippen molar-refractivity contribution >= 4 is 32.7 Å². The Kier molecular flexibility index (Phi) is 6.31.